The van der Waals surface area contributed by atoms with Gasteiger partial charge in [0.2, 0.25) is 0 Å². The van der Waals surface area contributed by atoms with Gasteiger partial charge in [-0.3, -0.25) is 0 Å². The van der Waals surface area contributed by atoms with Crippen molar-refractivity contribution in [2.45, 2.75) is 19.9 Å². The molecule has 3 nitrogen and oxygen atoms in total. The van der Waals surface area contributed by atoms with Crippen molar-refractivity contribution in [2.75, 3.05) is 13.7 Å². The molecule has 1 aromatic rings. The molecule has 0 aliphatic rings. The SMILES string of the molecule is CCOc1c(OC)ccc(Cl)c1C(C)N. The van der Waals surface area contributed by atoms with Crippen molar-refractivity contribution in [3.05, 3.63) is 22.7 Å². The van der Waals surface area contributed by atoms with Gasteiger partial charge in [0.05, 0.1) is 13.7 Å². The van der Waals surface area contributed by atoms with Crippen LogP contribution in [-0.2, 0) is 0 Å². The minimum absolute atomic E-state index is 0.186. The zero-order chi connectivity index (χ0) is 11.4. The predicted molar refractivity (Wildman–Crippen MR) is 61.8 cm³/mol. The van der Waals surface area contributed by atoms with E-state index < -0.39 is 0 Å². The summed E-state index contributed by atoms with van der Waals surface area (Å²) in [6.45, 7) is 4.32. The summed E-state index contributed by atoms with van der Waals surface area (Å²) in [5, 5.41) is 0.606. The summed E-state index contributed by atoms with van der Waals surface area (Å²) in [6.07, 6.45) is 0. The van der Waals surface area contributed by atoms with Gasteiger partial charge in [-0.05, 0) is 26.0 Å². The standard InChI is InChI=1S/C11H16ClNO2/c1-4-15-11-9(14-3)6-5-8(12)10(11)7(2)13/h5-7H,4,13H2,1-3H3. The normalized spacial score (nSPS) is 12.3. The van der Waals surface area contributed by atoms with Crippen LogP contribution in [-0.4, -0.2) is 13.7 Å². The van der Waals surface area contributed by atoms with Gasteiger partial charge in [-0.25, -0.2) is 0 Å². The summed E-state index contributed by atoms with van der Waals surface area (Å²) in [6, 6.07) is 3.36. The second kappa shape index (κ2) is 5.24. The molecule has 2 N–H and O–H groups in total. The first-order valence-corrected chi connectivity index (χ1v) is 5.24. The highest BCUT2D eigenvalue weighted by molar-refractivity contribution is 6.31. The smallest absolute Gasteiger partial charge is 0.167 e. The Morgan fingerprint density at radius 1 is 1.47 bits per heavy atom. The van der Waals surface area contributed by atoms with Gasteiger partial charge in [0, 0.05) is 16.6 Å². The van der Waals surface area contributed by atoms with Gasteiger partial charge in [0.25, 0.3) is 0 Å². The van der Waals surface area contributed by atoms with E-state index in [4.69, 9.17) is 26.8 Å². The lowest BCUT2D eigenvalue weighted by atomic mass is 10.1. The van der Waals surface area contributed by atoms with Crippen LogP contribution in [0.15, 0.2) is 12.1 Å². The lowest BCUT2D eigenvalue weighted by Gasteiger charge is -2.17. The molecule has 0 spiro atoms. The first-order chi connectivity index (χ1) is 7.11. The molecule has 0 aliphatic carbocycles. The highest BCUT2D eigenvalue weighted by Gasteiger charge is 2.17. The molecule has 4 heteroatoms. The number of ether oxygens (including phenoxy) is 2. The molecule has 1 rings (SSSR count). The van der Waals surface area contributed by atoms with Gasteiger partial charge >= 0.3 is 0 Å². The van der Waals surface area contributed by atoms with Gasteiger partial charge in [-0.15, -0.1) is 0 Å². The molecule has 0 aromatic heterocycles. The van der Waals surface area contributed by atoms with Gasteiger partial charge in [0.1, 0.15) is 0 Å². The topological polar surface area (TPSA) is 44.5 Å². The van der Waals surface area contributed by atoms with Crippen LogP contribution < -0.4 is 15.2 Å². The molecule has 0 aliphatic heterocycles. The first-order valence-electron chi connectivity index (χ1n) is 4.86. The van der Waals surface area contributed by atoms with Crippen molar-refractivity contribution in [3.8, 4) is 11.5 Å². The largest absolute Gasteiger partial charge is 0.493 e. The molecular formula is C11H16ClNO2. The second-order valence-corrected chi connectivity index (χ2v) is 3.62. The number of halogens is 1. The van der Waals surface area contributed by atoms with E-state index in [0.29, 0.717) is 23.1 Å². The Morgan fingerprint density at radius 2 is 2.13 bits per heavy atom. The van der Waals surface area contributed by atoms with Crippen molar-refractivity contribution in [1.29, 1.82) is 0 Å². The van der Waals surface area contributed by atoms with E-state index in [-0.39, 0.29) is 6.04 Å². The van der Waals surface area contributed by atoms with E-state index in [1.165, 1.54) is 0 Å². The Balaban J connectivity index is 3.30. The maximum absolute atomic E-state index is 6.07. The fraction of sp³-hybridized carbons (Fsp3) is 0.455. The fourth-order valence-electron chi connectivity index (χ4n) is 1.43. The zero-order valence-electron chi connectivity index (χ0n) is 9.21. The van der Waals surface area contributed by atoms with Crippen LogP contribution in [0.3, 0.4) is 0 Å². The second-order valence-electron chi connectivity index (χ2n) is 3.21. The van der Waals surface area contributed by atoms with Crippen LogP contribution in [0.1, 0.15) is 25.5 Å². The summed E-state index contributed by atoms with van der Waals surface area (Å²) in [5.74, 6) is 1.30. The Morgan fingerprint density at radius 3 is 2.60 bits per heavy atom. The number of hydrogen-bond acceptors (Lipinski definition) is 3. The molecule has 1 aromatic carbocycles. The van der Waals surface area contributed by atoms with Gasteiger partial charge in [-0.2, -0.15) is 0 Å². The van der Waals surface area contributed by atoms with Gasteiger partial charge in [-0.1, -0.05) is 11.6 Å². The van der Waals surface area contributed by atoms with E-state index >= 15 is 0 Å². The lowest BCUT2D eigenvalue weighted by Crippen LogP contribution is -2.09. The molecule has 1 atom stereocenters. The van der Waals surface area contributed by atoms with E-state index in [9.17, 15) is 0 Å². The van der Waals surface area contributed by atoms with Crippen LogP contribution in [0, 0.1) is 0 Å². The highest BCUT2D eigenvalue weighted by atomic mass is 35.5. The molecule has 1 unspecified atom stereocenters. The number of methoxy groups -OCH3 is 1. The minimum atomic E-state index is -0.186. The van der Waals surface area contributed by atoms with Crippen molar-refractivity contribution < 1.29 is 9.47 Å². The molecule has 0 fully saturated rings. The fourth-order valence-corrected chi connectivity index (χ4v) is 1.75. The third kappa shape index (κ3) is 2.55. The van der Waals surface area contributed by atoms with Crippen molar-refractivity contribution in [1.82, 2.24) is 0 Å². The monoisotopic (exact) mass is 229 g/mol. The first kappa shape index (κ1) is 12.1. The molecule has 84 valence electrons. The molecule has 0 heterocycles. The van der Waals surface area contributed by atoms with Crippen LogP contribution in [0.5, 0.6) is 11.5 Å². The molecular weight excluding hydrogens is 214 g/mol. The molecule has 0 radical (unpaired) electrons. The number of hydrogen-bond donors (Lipinski definition) is 1. The van der Waals surface area contributed by atoms with Crippen LogP contribution >= 0.6 is 11.6 Å². The molecule has 0 saturated carbocycles. The van der Waals surface area contributed by atoms with Crippen molar-refractivity contribution in [2.24, 2.45) is 5.73 Å². The summed E-state index contributed by atoms with van der Waals surface area (Å²) in [5.41, 5.74) is 6.64. The number of benzene rings is 1. The van der Waals surface area contributed by atoms with E-state index in [1.54, 1.807) is 19.2 Å². The average Bonchev–Trinajstić information content (AvgIpc) is 2.18. The summed E-state index contributed by atoms with van der Waals surface area (Å²) in [4.78, 5) is 0. The number of nitrogens with two attached hydrogens (primary N) is 1. The quantitative estimate of drug-likeness (QED) is 0.864. The minimum Gasteiger partial charge on any atom is -0.493 e. The third-order valence-corrected chi connectivity index (χ3v) is 2.40. The Hall–Kier alpha value is -0.930. The van der Waals surface area contributed by atoms with E-state index in [2.05, 4.69) is 0 Å². The third-order valence-electron chi connectivity index (χ3n) is 2.07. The van der Waals surface area contributed by atoms with Gasteiger partial charge < -0.3 is 15.2 Å². The van der Waals surface area contributed by atoms with Crippen LogP contribution in [0.25, 0.3) is 0 Å². The summed E-state index contributed by atoms with van der Waals surface area (Å²) in [7, 11) is 1.59. The Labute approximate surface area is 95.1 Å². The Kier molecular flexibility index (Phi) is 4.24. The van der Waals surface area contributed by atoms with E-state index in [0.717, 1.165) is 5.56 Å². The highest BCUT2D eigenvalue weighted by Crippen LogP contribution is 2.38. The van der Waals surface area contributed by atoms with Crippen LogP contribution in [0.2, 0.25) is 5.02 Å². The average molecular weight is 230 g/mol. The number of rotatable bonds is 4. The maximum Gasteiger partial charge on any atom is 0.167 e. The maximum atomic E-state index is 6.07. The van der Waals surface area contributed by atoms with E-state index in [1.807, 2.05) is 13.8 Å². The molecule has 15 heavy (non-hydrogen) atoms. The molecule has 0 saturated heterocycles. The molecule has 0 amide bonds. The molecule has 0 bridgehead atoms. The van der Waals surface area contributed by atoms with Crippen LogP contribution in [0.4, 0.5) is 0 Å². The summed E-state index contributed by atoms with van der Waals surface area (Å²) < 4.78 is 10.7. The van der Waals surface area contributed by atoms with Crippen molar-refractivity contribution >= 4 is 11.6 Å². The lowest BCUT2D eigenvalue weighted by molar-refractivity contribution is 0.306. The van der Waals surface area contributed by atoms with Gasteiger partial charge in [0.15, 0.2) is 11.5 Å². The predicted octanol–water partition coefficient (Wildman–Crippen LogP) is 2.77. The Bertz CT molecular complexity index is 340. The zero-order valence-corrected chi connectivity index (χ0v) is 9.97. The van der Waals surface area contributed by atoms with Crippen molar-refractivity contribution in [3.63, 3.8) is 0 Å². The summed E-state index contributed by atoms with van der Waals surface area (Å²) >= 11 is 6.07.